The summed E-state index contributed by atoms with van der Waals surface area (Å²) in [5.41, 5.74) is 2.38. The lowest BCUT2D eigenvalue weighted by molar-refractivity contribution is 0.725. The van der Waals surface area contributed by atoms with Gasteiger partial charge < -0.3 is 10.2 Å². The summed E-state index contributed by atoms with van der Waals surface area (Å²) in [7, 11) is 2.07. The van der Waals surface area contributed by atoms with Crippen LogP contribution in [0.15, 0.2) is 42.7 Å². The van der Waals surface area contributed by atoms with Gasteiger partial charge >= 0.3 is 0 Å². The number of hydrogen-bond acceptors (Lipinski definition) is 4. The van der Waals surface area contributed by atoms with Crippen molar-refractivity contribution < 1.29 is 0 Å². The minimum Gasteiger partial charge on any atom is -0.359 e. The minimum absolute atomic E-state index is 0.889. The highest BCUT2D eigenvalue weighted by Crippen LogP contribution is 2.11. The van der Waals surface area contributed by atoms with Crippen LogP contribution in [0.2, 0.25) is 0 Å². The second-order valence-electron chi connectivity index (χ2n) is 4.80. The number of pyridine rings is 2. The average molecular weight is 270 g/mol. The summed E-state index contributed by atoms with van der Waals surface area (Å²) < 4.78 is 0. The van der Waals surface area contributed by atoms with E-state index in [1.54, 1.807) is 0 Å². The van der Waals surface area contributed by atoms with Crippen molar-refractivity contribution in [1.82, 2.24) is 15.3 Å². The van der Waals surface area contributed by atoms with Gasteiger partial charge in [-0.3, -0.25) is 4.98 Å². The van der Waals surface area contributed by atoms with Crippen LogP contribution < -0.4 is 10.2 Å². The molecule has 0 amide bonds. The summed E-state index contributed by atoms with van der Waals surface area (Å²) in [4.78, 5) is 11.0. The molecular formula is C16H22N4. The molecule has 0 bridgehead atoms. The highest BCUT2D eigenvalue weighted by molar-refractivity contribution is 5.40. The molecule has 1 N–H and O–H groups in total. The van der Waals surface area contributed by atoms with Gasteiger partial charge in [0.15, 0.2) is 0 Å². The Bertz CT molecular complexity index is 513. The van der Waals surface area contributed by atoms with Crippen LogP contribution in [0.25, 0.3) is 0 Å². The highest BCUT2D eigenvalue weighted by atomic mass is 15.2. The molecular weight excluding hydrogens is 248 g/mol. The Hall–Kier alpha value is -1.94. The van der Waals surface area contributed by atoms with E-state index in [2.05, 4.69) is 52.4 Å². The number of likely N-dealkylation sites (N-methyl/N-ethyl adjacent to an activating group) is 1. The van der Waals surface area contributed by atoms with E-state index in [4.69, 9.17) is 0 Å². The van der Waals surface area contributed by atoms with Gasteiger partial charge in [0.25, 0.3) is 0 Å². The maximum Gasteiger partial charge on any atom is 0.128 e. The summed E-state index contributed by atoms with van der Waals surface area (Å²) in [5, 5.41) is 3.33. The Kier molecular flexibility index (Phi) is 5.50. The fourth-order valence-corrected chi connectivity index (χ4v) is 1.99. The van der Waals surface area contributed by atoms with Crippen LogP contribution in [0.5, 0.6) is 0 Å². The summed E-state index contributed by atoms with van der Waals surface area (Å²) in [6.07, 6.45) is 4.64. The van der Waals surface area contributed by atoms with Crippen LogP contribution in [-0.2, 0) is 13.0 Å². The molecule has 20 heavy (non-hydrogen) atoms. The molecule has 0 spiro atoms. The Morgan fingerprint density at radius 2 is 2.05 bits per heavy atom. The second kappa shape index (κ2) is 7.60. The van der Waals surface area contributed by atoms with Crippen LogP contribution in [0, 0.1) is 0 Å². The van der Waals surface area contributed by atoms with Crippen molar-refractivity contribution in [3.05, 3.63) is 54.0 Å². The largest absolute Gasteiger partial charge is 0.359 e. The van der Waals surface area contributed by atoms with Crippen molar-refractivity contribution >= 4 is 5.82 Å². The van der Waals surface area contributed by atoms with E-state index in [1.807, 2.05) is 24.5 Å². The number of nitrogens with zero attached hydrogens (tertiary/aromatic N) is 3. The van der Waals surface area contributed by atoms with Gasteiger partial charge in [0.2, 0.25) is 0 Å². The Labute approximate surface area is 120 Å². The molecule has 2 aromatic rings. The number of aromatic nitrogens is 2. The molecule has 0 unspecified atom stereocenters. The molecule has 0 aliphatic rings. The van der Waals surface area contributed by atoms with Crippen LogP contribution in [-0.4, -0.2) is 30.1 Å². The number of rotatable bonds is 7. The predicted molar refractivity (Wildman–Crippen MR) is 82.8 cm³/mol. The zero-order valence-electron chi connectivity index (χ0n) is 12.2. The van der Waals surface area contributed by atoms with E-state index in [1.165, 1.54) is 5.56 Å². The van der Waals surface area contributed by atoms with Crippen LogP contribution in [0.1, 0.15) is 18.2 Å². The topological polar surface area (TPSA) is 41.1 Å². The number of nitrogens with one attached hydrogen (secondary N) is 1. The lowest BCUT2D eigenvalue weighted by Gasteiger charge is -2.18. The molecule has 106 valence electrons. The second-order valence-corrected chi connectivity index (χ2v) is 4.80. The van der Waals surface area contributed by atoms with Crippen molar-refractivity contribution in [2.24, 2.45) is 0 Å². The Balaban J connectivity index is 1.93. The third-order valence-corrected chi connectivity index (χ3v) is 3.21. The van der Waals surface area contributed by atoms with E-state index >= 15 is 0 Å². The quantitative estimate of drug-likeness (QED) is 0.838. The molecule has 0 atom stereocenters. The van der Waals surface area contributed by atoms with Crippen molar-refractivity contribution in [3.8, 4) is 0 Å². The van der Waals surface area contributed by atoms with Gasteiger partial charge in [-0.15, -0.1) is 0 Å². The van der Waals surface area contributed by atoms with Gasteiger partial charge in [-0.05, 0) is 36.4 Å². The van der Waals surface area contributed by atoms with E-state index in [9.17, 15) is 0 Å². The minimum atomic E-state index is 0.889. The molecule has 0 aliphatic carbocycles. The first-order chi connectivity index (χ1) is 9.79. The fourth-order valence-electron chi connectivity index (χ4n) is 1.99. The standard InChI is InChI=1S/C16H22N4/c1-3-17-13-14-7-10-19-16(12-14)20(2)11-8-15-6-4-5-9-18-15/h4-7,9-10,12,17H,3,8,11,13H2,1-2H3. The van der Waals surface area contributed by atoms with Crippen molar-refractivity contribution in [2.45, 2.75) is 19.9 Å². The summed E-state index contributed by atoms with van der Waals surface area (Å²) in [5.74, 6) is 1.01. The normalized spacial score (nSPS) is 10.5. The summed E-state index contributed by atoms with van der Waals surface area (Å²) in [6.45, 7) is 4.89. The first-order valence-corrected chi connectivity index (χ1v) is 7.06. The molecule has 2 aromatic heterocycles. The van der Waals surface area contributed by atoms with Gasteiger partial charge in [0.1, 0.15) is 5.82 Å². The van der Waals surface area contributed by atoms with Crippen molar-refractivity contribution in [1.29, 1.82) is 0 Å². The fraction of sp³-hybridized carbons (Fsp3) is 0.375. The van der Waals surface area contributed by atoms with Crippen LogP contribution in [0.4, 0.5) is 5.82 Å². The molecule has 0 fully saturated rings. The summed E-state index contributed by atoms with van der Waals surface area (Å²) >= 11 is 0. The van der Waals surface area contributed by atoms with Gasteiger partial charge in [-0.2, -0.15) is 0 Å². The van der Waals surface area contributed by atoms with E-state index < -0.39 is 0 Å². The SMILES string of the molecule is CCNCc1ccnc(N(C)CCc2ccccn2)c1. The molecule has 2 rings (SSSR count). The first kappa shape index (κ1) is 14.5. The smallest absolute Gasteiger partial charge is 0.128 e. The number of hydrogen-bond donors (Lipinski definition) is 1. The van der Waals surface area contributed by atoms with Crippen molar-refractivity contribution in [3.63, 3.8) is 0 Å². The van der Waals surface area contributed by atoms with Gasteiger partial charge in [0.05, 0.1) is 0 Å². The Morgan fingerprint density at radius 3 is 2.80 bits per heavy atom. The lowest BCUT2D eigenvalue weighted by Crippen LogP contribution is -2.22. The van der Waals surface area contributed by atoms with Crippen LogP contribution >= 0.6 is 0 Å². The van der Waals surface area contributed by atoms with E-state index in [0.717, 1.165) is 37.6 Å². The molecule has 0 saturated carbocycles. The molecule has 0 aromatic carbocycles. The molecule has 4 heteroatoms. The molecule has 0 radical (unpaired) electrons. The monoisotopic (exact) mass is 270 g/mol. The predicted octanol–water partition coefficient (Wildman–Crippen LogP) is 2.27. The third kappa shape index (κ3) is 4.31. The molecule has 4 nitrogen and oxygen atoms in total. The zero-order chi connectivity index (χ0) is 14.2. The van der Waals surface area contributed by atoms with E-state index in [0.29, 0.717) is 0 Å². The Morgan fingerprint density at radius 1 is 1.15 bits per heavy atom. The molecule has 0 saturated heterocycles. The first-order valence-electron chi connectivity index (χ1n) is 7.06. The zero-order valence-corrected chi connectivity index (χ0v) is 12.2. The molecule has 2 heterocycles. The lowest BCUT2D eigenvalue weighted by atomic mass is 10.2. The average Bonchev–Trinajstić information content (AvgIpc) is 2.52. The maximum absolute atomic E-state index is 4.44. The van der Waals surface area contributed by atoms with Crippen molar-refractivity contribution in [2.75, 3.05) is 25.0 Å². The molecule has 0 aliphatic heterocycles. The number of anilines is 1. The summed E-state index contributed by atoms with van der Waals surface area (Å²) in [6, 6.07) is 10.2. The van der Waals surface area contributed by atoms with E-state index in [-0.39, 0.29) is 0 Å². The third-order valence-electron chi connectivity index (χ3n) is 3.21. The van der Waals surface area contributed by atoms with Gasteiger partial charge in [0, 0.05) is 44.6 Å². The van der Waals surface area contributed by atoms with Gasteiger partial charge in [-0.25, -0.2) is 4.98 Å². The van der Waals surface area contributed by atoms with Gasteiger partial charge in [-0.1, -0.05) is 13.0 Å². The van der Waals surface area contributed by atoms with Crippen LogP contribution in [0.3, 0.4) is 0 Å². The maximum atomic E-state index is 4.44. The highest BCUT2D eigenvalue weighted by Gasteiger charge is 2.04.